The molecule has 1 aromatic rings. The third-order valence-electron chi connectivity index (χ3n) is 2.75. The molecule has 0 aliphatic rings. The Morgan fingerprint density at radius 1 is 1.25 bits per heavy atom. The molecular formula is C12H16O4. The number of aliphatic hydroxyl groups is 2. The van der Waals surface area contributed by atoms with Crippen LogP contribution in [0.2, 0.25) is 0 Å². The van der Waals surface area contributed by atoms with Crippen molar-refractivity contribution in [3.8, 4) is 0 Å². The summed E-state index contributed by atoms with van der Waals surface area (Å²) in [5.74, 6) is -2.01. The van der Waals surface area contributed by atoms with Gasteiger partial charge in [-0.15, -0.1) is 0 Å². The summed E-state index contributed by atoms with van der Waals surface area (Å²) in [6.07, 6.45) is -1.44. The molecule has 0 aliphatic carbocycles. The molecule has 16 heavy (non-hydrogen) atoms. The maximum atomic E-state index is 11.1. The van der Waals surface area contributed by atoms with Crippen molar-refractivity contribution >= 4 is 5.97 Å². The first-order chi connectivity index (χ1) is 7.40. The number of carboxylic acid groups (broad SMARTS) is 1. The Balaban J connectivity index is 3.11. The molecule has 4 nitrogen and oxygen atoms in total. The van der Waals surface area contributed by atoms with Gasteiger partial charge in [0.25, 0.3) is 0 Å². The molecule has 4 heteroatoms. The summed E-state index contributed by atoms with van der Waals surface area (Å²) in [4.78, 5) is 11.1. The molecule has 0 aromatic heterocycles. The van der Waals surface area contributed by atoms with Crippen molar-refractivity contribution in [2.75, 3.05) is 0 Å². The number of hydrogen-bond acceptors (Lipinski definition) is 3. The lowest BCUT2D eigenvalue weighted by molar-refractivity contribution is -0.180. The van der Waals surface area contributed by atoms with Crippen LogP contribution in [0.15, 0.2) is 30.3 Å². The fourth-order valence-electron chi connectivity index (χ4n) is 1.57. The predicted octanol–water partition coefficient (Wildman–Crippen LogP) is 1.19. The highest BCUT2D eigenvalue weighted by molar-refractivity contribution is 5.78. The summed E-state index contributed by atoms with van der Waals surface area (Å²) >= 11 is 0. The zero-order chi connectivity index (χ0) is 12.3. The first kappa shape index (κ1) is 12.7. The minimum Gasteiger partial charge on any atom is -0.479 e. The highest BCUT2D eigenvalue weighted by atomic mass is 16.4. The molecule has 1 rings (SSSR count). The van der Waals surface area contributed by atoms with Gasteiger partial charge in [0.2, 0.25) is 0 Å². The Morgan fingerprint density at radius 2 is 1.75 bits per heavy atom. The van der Waals surface area contributed by atoms with Crippen molar-refractivity contribution in [3.63, 3.8) is 0 Å². The molecule has 88 valence electrons. The van der Waals surface area contributed by atoms with Gasteiger partial charge in [0, 0.05) is 0 Å². The number of carboxylic acids is 1. The van der Waals surface area contributed by atoms with Crippen LogP contribution in [0.5, 0.6) is 0 Å². The average molecular weight is 224 g/mol. The van der Waals surface area contributed by atoms with Gasteiger partial charge in [0.05, 0.1) is 0 Å². The third-order valence-corrected chi connectivity index (χ3v) is 2.75. The second-order valence-electron chi connectivity index (χ2n) is 4.10. The van der Waals surface area contributed by atoms with E-state index in [0.29, 0.717) is 5.56 Å². The van der Waals surface area contributed by atoms with Crippen LogP contribution in [0, 0.1) is 5.92 Å². The predicted molar refractivity (Wildman–Crippen MR) is 58.8 cm³/mol. The van der Waals surface area contributed by atoms with Crippen molar-refractivity contribution in [2.24, 2.45) is 5.92 Å². The standard InChI is InChI=1S/C12H16O4/c1-8(2)12(16,11(14)15)10(13)9-6-4-3-5-7-9/h3-8,10,13,16H,1-2H3,(H,14,15)/t10-,12-/m0/s1. The summed E-state index contributed by atoms with van der Waals surface area (Å²) in [5.41, 5.74) is -1.78. The summed E-state index contributed by atoms with van der Waals surface area (Å²) < 4.78 is 0. The van der Waals surface area contributed by atoms with Crippen LogP contribution in [-0.2, 0) is 4.79 Å². The molecule has 0 aliphatic heterocycles. The second-order valence-corrected chi connectivity index (χ2v) is 4.10. The van der Waals surface area contributed by atoms with Crippen LogP contribution in [0.4, 0.5) is 0 Å². The van der Waals surface area contributed by atoms with Gasteiger partial charge in [0.1, 0.15) is 6.10 Å². The third kappa shape index (κ3) is 2.08. The van der Waals surface area contributed by atoms with E-state index in [0.717, 1.165) is 0 Å². The zero-order valence-corrected chi connectivity index (χ0v) is 9.29. The Kier molecular flexibility index (Phi) is 3.67. The van der Waals surface area contributed by atoms with E-state index in [-0.39, 0.29) is 0 Å². The van der Waals surface area contributed by atoms with E-state index in [1.807, 2.05) is 0 Å². The summed E-state index contributed by atoms with van der Waals surface area (Å²) in [6, 6.07) is 8.29. The molecule has 0 radical (unpaired) electrons. The maximum absolute atomic E-state index is 11.1. The first-order valence-corrected chi connectivity index (χ1v) is 5.09. The fourth-order valence-corrected chi connectivity index (χ4v) is 1.57. The van der Waals surface area contributed by atoms with Gasteiger partial charge in [-0.1, -0.05) is 44.2 Å². The summed E-state index contributed by atoms with van der Waals surface area (Å²) in [7, 11) is 0. The molecule has 0 fully saturated rings. The van der Waals surface area contributed by atoms with E-state index in [2.05, 4.69) is 0 Å². The number of benzene rings is 1. The maximum Gasteiger partial charge on any atom is 0.339 e. The van der Waals surface area contributed by atoms with Crippen LogP contribution in [0.1, 0.15) is 25.5 Å². The van der Waals surface area contributed by atoms with E-state index >= 15 is 0 Å². The Bertz CT molecular complexity index is 361. The zero-order valence-electron chi connectivity index (χ0n) is 9.29. The monoisotopic (exact) mass is 224 g/mol. The second kappa shape index (κ2) is 4.63. The highest BCUT2D eigenvalue weighted by Crippen LogP contribution is 2.32. The van der Waals surface area contributed by atoms with Crippen LogP contribution >= 0.6 is 0 Å². The summed E-state index contributed by atoms with van der Waals surface area (Å²) in [5, 5.41) is 29.0. The molecule has 0 heterocycles. The van der Waals surface area contributed by atoms with E-state index in [9.17, 15) is 15.0 Å². The smallest absolute Gasteiger partial charge is 0.339 e. The minimum absolute atomic E-state index is 0.390. The van der Waals surface area contributed by atoms with E-state index in [1.54, 1.807) is 44.2 Å². The molecule has 0 saturated carbocycles. The molecule has 0 saturated heterocycles. The van der Waals surface area contributed by atoms with Crippen molar-refractivity contribution in [2.45, 2.75) is 25.6 Å². The molecular weight excluding hydrogens is 208 g/mol. The molecule has 1 aromatic carbocycles. The van der Waals surface area contributed by atoms with Crippen molar-refractivity contribution in [1.29, 1.82) is 0 Å². The van der Waals surface area contributed by atoms with Crippen LogP contribution in [-0.4, -0.2) is 26.9 Å². The van der Waals surface area contributed by atoms with Crippen molar-refractivity contribution < 1.29 is 20.1 Å². The number of rotatable bonds is 4. The van der Waals surface area contributed by atoms with E-state index in [1.165, 1.54) is 0 Å². The summed E-state index contributed by atoms with van der Waals surface area (Å²) in [6.45, 7) is 3.11. The lowest BCUT2D eigenvalue weighted by Gasteiger charge is -2.32. The van der Waals surface area contributed by atoms with Crippen LogP contribution < -0.4 is 0 Å². The van der Waals surface area contributed by atoms with E-state index in [4.69, 9.17) is 5.11 Å². The van der Waals surface area contributed by atoms with Crippen LogP contribution in [0.25, 0.3) is 0 Å². The molecule has 0 spiro atoms. The van der Waals surface area contributed by atoms with Gasteiger partial charge < -0.3 is 15.3 Å². The van der Waals surface area contributed by atoms with Crippen LogP contribution in [0.3, 0.4) is 0 Å². The normalized spacial score (nSPS) is 16.8. The molecule has 0 bridgehead atoms. The Morgan fingerprint density at radius 3 is 2.12 bits per heavy atom. The number of carbonyl (C=O) groups is 1. The topological polar surface area (TPSA) is 77.8 Å². The molecule has 0 unspecified atom stereocenters. The van der Waals surface area contributed by atoms with Gasteiger partial charge >= 0.3 is 5.97 Å². The van der Waals surface area contributed by atoms with Crippen molar-refractivity contribution in [1.82, 2.24) is 0 Å². The van der Waals surface area contributed by atoms with Gasteiger partial charge in [-0.05, 0) is 11.5 Å². The quantitative estimate of drug-likeness (QED) is 0.718. The molecule has 0 amide bonds. The largest absolute Gasteiger partial charge is 0.479 e. The average Bonchev–Trinajstić information content (AvgIpc) is 2.27. The number of aliphatic carboxylic acids is 1. The van der Waals surface area contributed by atoms with Gasteiger partial charge in [-0.3, -0.25) is 0 Å². The molecule has 2 atom stereocenters. The number of aliphatic hydroxyl groups excluding tert-OH is 1. The first-order valence-electron chi connectivity index (χ1n) is 5.09. The van der Waals surface area contributed by atoms with E-state index < -0.39 is 23.6 Å². The number of hydrogen-bond donors (Lipinski definition) is 3. The SMILES string of the molecule is CC(C)[C@@](O)(C(=O)O)[C@@H](O)c1ccccc1. The lowest BCUT2D eigenvalue weighted by atomic mass is 9.82. The molecule has 3 N–H and O–H groups in total. The van der Waals surface area contributed by atoms with Crippen molar-refractivity contribution in [3.05, 3.63) is 35.9 Å². The van der Waals surface area contributed by atoms with Gasteiger partial charge in [-0.25, -0.2) is 4.79 Å². The lowest BCUT2D eigenvalue weighted by Crippen LogP contribution is -2.49. The fraction of sp³-hybridized carbons (Fsp3) is 0.417. The van der Waals surface area contributed by atoms with Gasteiger partial charge in [0.15, 0.2) is 5.60 Å². The van der Waals surface area contributed by atoms with Gasteiger partial charge in [-0.2, -0.15) is 0 Å². The highest BCUT2D eigenvalue weighted by Gasteiger charge is 2.47. The Hall–Kier alpha value is -1.39. The Labute approximate surface area is 94.2 Å². The minimum atomic E-state index is -2.17.